The fraction of sp³-hybridized carbons (Fsp3) is 0.647. The predicted octanol–water partition coefficient (Wildman–Crippen LogP) is 3.71. The molecule has 1 aliphatic carbocycles. The lowest BCUT2D eigenvalue weighted by atomic mass is 9.58. The Bertz CT molecular complexity index is 1500. The number of para-hydroxylation sites is 1. The van der Waals surface area contributed by atoms with Crippen LogP contribution in [0.5, 0.6) is 0 Å². The molecule has 256 valence electrons. The number of aromatic nitrogens is 1. The highest BCUT2D eigenvalue weighted by Gasteiger charge is 2.69. The number of esters is 1. The van der Waals surface area contributed by atoms with Gasteiger partial charge < -0.3 is 34.9 Å². The molecule has 1 aromatic heterocycles. The maximum atomic E-state index is 12.8. The number of nitrogens with one attached hydrogen (secondary N) is 3. The molecule has 4 N–H and O–H groups in total. The van der Waals surface area contributed by atoms with E-state index in [0.717, 1.165) is 35.7 Å². The highest BCUT2D eigenvalue weighted by atomic mass is 17.3. The third kappa shape index (κ3) is 6.76. The predicted molar refractivity (Wildman–Crippen MR) is 166 cm³/mol. The molecule has 2 aromatic rings. The SMILES string of the molecule is CC1CCC2C(C)C(OC(=O)CCC(=O)NCCCC(=O)NC(Cc3c[nH]c4ccccc34)C(=O)O)OC3OC4(C)CCC1C32OO4. The van der Waals surface area contributed by atoms with E-state index in [1.54, 1.807) is 6.20 Å². The van der Waals surface area contributed by atoms with Gasteiger partial charge in [-0.2, -0.15) is 0 Å². The number of aromatic amines is 1. The molecule has 9 atom stereocenters. The lowest BCUT2D eigenvalue weighted by Crippen LogP contribution is -2.70. The van der Waals surface area contributed by atoms with Crippen molar-refractivity contribution < 1.29 is 48.3 Å². The molecule has 13 heteroatoms. The standard InChI is InChI=1S/C34H45N3O10/c1-19-10-11-24-20(2)31(44-32-34(24)23(19)14-15-33(3,45-32)46-47-34)43-29(40)13-12-27(38)35-16-6-9-28(39)37-26(30(41)42)17-21-18-36-25-8-5-4-7-22(21)25/h4-5,7-8,18-20,23-24,26,31-32,36H,6,9-17H2,1-3H3,(H,35,38)(H,37,39)(H,41,42). The lowest BCUT2D eigenvalue weighted by molar-refractivity contribution is -0.576. The van der Waals surface area contributed by atoms with Crippen LogP contribution in [0.25, 0.3) is 10.9 Å². The first-order chi connectivity index (χ1) is 22.5. The van der Waals surface area contributed by atoms with Gasteiger partial charge in [-0.3, -0.25) is 14.4 Å². The topological polar surface area (TPSA) is 175 Å². The zero-order valence-corrected chi connectivity index (χ0v) is 27.1. The van der Waals surface area contributed by atoms with E-state index in [9.17, 15) is 24.3 Å². The maximum Gasteiger partial charge on any atom is 0.326 e. The number of fused-ring (bicyclic) bond motifs is 3. The second-order valence-corrected chi connectivity index (χ2v) is 13.7. The second kappa shape index (κ2) is 13.5. The number of benzene rings is 1. The van der Waals surface area contributed by atoms with Crippen LogP contribution in [-0.4, -0.2) is 70.4 Å². The van der Waals surface area contributed by atoms with Gasteiger partial charge >= 0.3 is 11.9 Å². The molecule has 5 fully saturated rings. The number of hydrogen-bond donors (Lipinski definition) is 4. The highest BCUT2D eigenvalue weighted by molar-refractivity contribution is 5.87. The smallest absolute Gasteiger partial charge is 0.326 e. The Morgan fingerprint density at radius 1 is 1.04 bits per heavy atom. The van der Waals surface area contributed by atoms with Crippen molar-refractivity contribution >= 4 is 34.7 Å². The van der Waals surface area contributed by atoms with Crippen molar-refractivity contribution in [2.24, 2.45) is 23.7 Å². The number of carbonyl (C=O) groups is 4. The third-order valence-electron chi connectivity index (χ3n) is 10.5. The van der Waals surface area contributed by atoms with Crippen LogP contribution in [0.15, 0.2) is 30.5 Å². The van der Waals surface area contributed by atoms with Gasteiger partial charge in [0.2, 0.25) is 23.9 Å². The first-order valence-corrected chi connectivity index (χ1v) is 16.7. The molecule has 47 heavy (non-hydrogen) atoms. The van der Waals surface area contributed by atoms with Crippen LogP contribution >= 0.6 is 0 Å². The van der Waals surface area contributed by atoms with Gasteiger partial charge in [-0.05, 0) is 56.1 Å². The summed E-state index contributed by atoms with van der Waals surface area (Å²) >= 11 is 0. The van der Waals surface area contributed by atoms with Crippen LogP contribution in [-0.2, 0) is 49.6 Å². The molecule has 1 spiro atoms. The van der Waals surface area contributed by atoms with E-state index in [4.69, 9.17) is 24.0 Å². The van der Waals surface area contributed by atoms with E-state index < -0.39 is 47.9 Å². The lowest BCUT2D eigenvalue weighted by Gasteiger charge is -2.59. The van der Waals surface area contributed by atoms with Gasteiger partial charge in [-0.1, -0.05) is 32.0 Å². The van der Waals surface area contributed by atoms with Crippen molar-refractivity contribution in [1.82, 2.24) is 15.6 Å². The normalized spacial score (nSPS) is 33.3. The van der Waals surface area contributed by atoms with Gasteiger partial charge in [0.05, 0.1) is 6.42 Å². The molecular formula is C34H45N3O10. The molecule has 5 aliphatic rings. The first kappa shape index (κ1) is 33.4. The number of carboxylic acid groups (broad SMARTS) is 1. The summed E-state index contributed by atoms with van der Waals surface area (Å²) in [6, 6.07) is 6.47. The Labute approximate surface area is 273 Å². The van der Waals surface area contributed by atoms with Crippen LogP contribution in [0, 0.1) is 23.7 Å². The van der Waals surface area contributed by atoms with E-state index in [1.165, 1.54) is 0 Å². The molecule has 1 saturated carbocycles. The summed E-state index contributed by atoms with van der Waals surface area (Å²) in [6.07, 6.45) is 3.94. The summed E-state index contributed by atoms with van der Waals surface area (Å²) in [5.74, 6) is -2.91. The van der Waals surface area contributed by atoms with Crippen molar-refractivity contribution in [2.45, 2.75) is 109 Å². The Morgan fingerprint density at radius 3 is 2.66 bits per heavy atom. The Morgan fingerprint density at radius 2 is 1.85 bits per heavy atom. The molecule has 9 unspecified atom stereocenters. The number of H-pyrrole nitrogens is 1. The zero-order valence-electron chi connectivity index (χ0n) is 27.1. The number of rotatable bonds is 12. The number of amides is 2. The summed E-state index contributed by atoms with van der Waals surface area (Å²) in [5.41, 5.74) is 0.940. The van der Waals surface area contributed by atoms with Gasteiger partial charge in [-0.15, -0.1) is 0 Å². The Balaban J connectivity index is 0.922. The Hall–Kier alpha value is -3.52. The molecule has 1 aromatic carbocycles. The summed E-state index contributed by atoms with van der Waals surface area (Å²) in [5, 5.41) is 15.9. The van der Waals surface area contributed by atoms with Crippen LogP contribution in [0.3, 0.4) is 0 Å². The van der Waals surface area contributed by atoms with Gasteiger partial charge in [-0.25, -0.2) is 14.6 Å². The quantitative estimate of drug-likeness (QED) is 0.150. The average molecular weight is 656 g/mol. The minimum atomic E-state index is -1.13. The van der Waals surface area contributed by atoms with Crippen LogP contribution < -0.4 is 10.6 Å². The molecule has 5 heterocycles. The van der Waals surface area contributed by atoms with E-state index >= 15 is 0 Å². The minimum absolute atomic E-state index is 0.0164. The van der Waals surface area contributed by atoms with Crippen molar-refractivity contribution in [1.29, 1.82) is 0 Å². The van der Waals surface area contributed by atoms with E-state index in [1.807, 2.05) is 38.1 Å². The minimum Gasteiger partial charge on any atom is -0.480 e. The molecular weight excluding hydrogens is 610 g/mol. The number of hydrogen-bond acceptors (Lipinski definition) is 9. The number of aliphatic carboxylic acids is 1. The first-order valence-electron chi connectivity index (χ1n) is 16.7. The van der Waals surface area contributed by atoms with Gasteiger partial charge in [0.1, 0.15) is 6.04 Å². The van der Waals surface area contributed by atoms with Crippen molar-refractivity contribution in [3.63, 3.8) is 0 Å². The monoisotopic (exact) mass is 655 g/mol. The molecule has 2 amide bonds. The molecule has 13 nitrogen and oxygen atoms in total. The van der Waals surface area contributed by atoms with Crippen LogP contribution in [0.1, 0.15) is 77.7 Å². The molecule has 2 bridgehead atoms. The third-order valence-corrected chi connectivity index (χ3v) is 10.5. The van der Waals surface area contributed by atoms with Gasteiger partial charge in [0.25, 0.3) is 0 Å². The number of ether oxygens (including phenoxy) is 3. The Kier molecular flexibility index (Phi) is 9.62. The fourth-order valence-electron chi connectivity index (χ4n) is 7.96. The zero-order chi connectivity index (χ0) is 33.3. The van der Waals surface area contributed by atoms with Crippen molar-refractivity contribution in [2.75, 3.05) is 6.54 Å². The van der Waals surface area contributed by atoms with E-state index in [2.05, 4.69) is 22.5 Å². The van der Waals surface area contributed by atoms with Crippen molar-refractivity contribution in [3.05, 3.63) is 36.0 Å². The number of carboxylic acids is 1. The summed E-state index contributed by atoms with van der Waals surface area (Å²) in [7, 11) is 0. The molecule has 7 rings (SSSR count). The van der Waals surface area contributed by atoms with Crippen LogP contribution in [0.2, 0.25) is 0 Å². The average Bonchev–Trinajstić information content (AvgIpc) is 3.31. The maximum absolute atomic E-state index is 12.8. The second-order valence-electron chi connectivity index (χ2n) is 13.7. The van der Waals surface area contributed by atoms with E-state index in [0.29, 0.717) is 18.8 Å². The highest BCUT2D eigenvalue weighted by Crippen LogP contribution is 2.60. The van der Waals surface area contributed by atoms with Crippen LogP contribution in [0.4, 0.5) is 0 Å². The number of carbonyl (C=O) groups excluding carboxylic acids is 3. The summed E-state index contributed by atoms with van der Waals surface area (Å²) < 4.78 is 18.3. The molecule has 0 radical (unpaired) electrons. The van der Waals surface area contributed by atoms with Gasteiger partial charge in [0.15, 0.2) is 11.9 Å². The van der Waals surface area contributed by atoms with E-state index in [-0.39, 0.29) is 55.9 Å². The van der Waals surface area contributed by atoms with Crippen molar-refractivity contribution in [3.8, 4) is 0 Å². The van der Waals surface area contributed by atoms with Gasteiger partial charge in [0, 0.05) is 61.2 Å². The summed E-state index contributed by atoms with van der Waals surface area (Å²) in [4.78, 5) is 64.6. The fourth-order valence-corrected chi connectivity index (χ4v) is 7.96. The summed E-state index contributed by atoms with van der Waals surface area (Å²) in [6.45, 7) is 6.26. The molecule has 4 saturated heterocycles. The molecule has 4 aliphatic heterocycles. The largest absolute Gasteiger partial charge is 0.480 e.